The first-order valence-corrected chi connectivity index (χ1v) is 13.8. The van der Waals surface area contributed by atoms with Gasteiger partial charge in [0.2, 0.25) is 5.91 Å². The molecule has 0 aromatic heterocycles. The van der Waals surface area contributed by atoms with Crippen LogP contribution in [0.1, 0.15) is 50.3 Å². The maximum absolute atomic E-state index is 13.0. The van der Waals surface area contributed by atoms with Crippen molar-refractivity contribution in [2.24, 2.45) is 0 Å². The van der Waals surface area contributed by atoms with E-state index in [9.17, 15) is 14.4 Å². The minimum absolute atomic E-state index is 0.189. The maximum atomic E-state index is 13.0. The number of ether oxygens (including phenoxy) is 4. The minimum atomic E-state index is -0.582. The smallest absolute Gasteiger partial charge is 0.416 e. The molecule has 0 radical (unpaired) electrons. The number of carbonyl (C=O) groups excluding carboxylic acids is 3. The van der Waals surface area contributed by atoms with Gasteiger partial charge in [-0.1, -0.05) is 48.5 Å². The van der Waals surface area contributed by atoms with Gasteiger partial charge in [-0.2, -0.15) is 0 Å². The van der Waals surface area contributed by atoms with Crippen LogP contribution in [0.4, 0.5) is 4.79 Å². The fourth-order valence-electron chi connectivity index (χ4n) is 4.62. The molecule has 3 aromatic rings. The molecule has 41 heavy (non-hydrogen) atoms. The average molecular weight is 560 g/mol. The monoisotopic (exact) mass is 559 g/mol. The fourth-order valence-corrected chi connectivity index (χ4v) is 4.62. The number of hydrogen-bond acceptors (Lipinski definition) is 7. The number of carbonyl (C=O) groups is 3. The Morgan fingerprint density at radius 1 is 0.878 bits per heavy atom. The second-order valence-corrected chi connectivity index (χ2v) is 11.0. The van der Waals surface area contributed by atoms with Gasteiger partial charge in [-0.25, -0.2) is 9.69 Å². The lowest BCUT2D eigenvalue weighted by atomic mass is 10.0. The van der Waals surface area contributed by atoms with Gasteiger partial charge in [0.15, 0.2) is 11.5 Å². The maximum Gasteiger partial charge on any atom is 0.416 e. The lowest BCUT2D eigenvalue weighted by molar-refractivity contribution is -0.154. The highest BCUT2D eigenvalue weighted by Crippen LogP contribution is 2.33. The zero-order valence-corrected chi connectivity index (χ0v) is 24.1. The Morgan fingerprint density at radius 2 is 1.56 bits per heavy atom. The van der Waals surface area contributed by atoms with Crippen molar-refractivity contribution < 1.29 is 33.3 Å². The highest BCUT2D eigenvalue weighted by Gasteiger charge is 2.37. The van der Waals surface area contributed by atoms with Gasteiger partial charge in [0.25, 0.3) is 0 Å². The van der Waals surface area contributed by atoms with E-state index in [1.165, 1.54) is 4.90 Å². The summed E-state index contributed by atoms with van der Waals surface area (Å²) in [6, 6.07) is 22.5. The first-order chi connectivity index (χ1) is 19.6. The van der Waals surface area contributed by atoms with E-state index in [1.54, 1.807) is 7.11 Å². The number of esters is 1. The van der Waals surface area contributed by atoms with Crippen LogP contribution in [-0.2, 0) is 38.3 Å². The first kappa shape index (κ1) is 29.6. The van der Waals surface area contributed by atoms with E-state index in [0.717, 1.165) is 16.7 Å². The fraction of sp³-hybridized carbons (Fsp3) is 0.364. The largest absolute Gasteiger partial charge is 0.493 e. The minimum Gasteiger partial charge on any atom is -0.493 e. The van der Waals surface area contributed by atoms with Gasteiger partial charge < -0.3 is 18.9 Å². The van der Waals surface area contributed by atoms with Crippen LogP contribution in [0.25, 0.3) is 0 Å². The number of amides is 2. The molecule has 8 heteroatoms. The zero-order chi connectivity index (χ0) is 29.4. The van der Waals surface area contributed by atoms with Crippen molar-refractivity contribution in [3.8, 4) is 17.2 Å². The molecule has 0 bridgehead atoms. The third-order valence-electron chi connectivity index (χ3n) is 6.59. The van der Waals surface area contributed by atoms with Gasteiger partial charge in [0.1, 0.15) is 18.0 Å². The SMILES string of the molecule is COc1ccc(CCC(=O)OC(C)(C)C)cc1Oc1ccc(CCC(=O)N2C(=O)OC[C@@H]2Cc2ccccc2)cc1. The average Bonchev–Trinajstić information content (AvgIpc) is 3.30. The van der Waals surface area contributed by atoms with Crippen LogP contribution in [-0.4, -0.2) is 48.2 Å². The van der Waals surface area contributed by atoms with Crippen molar-refractivity contribution in [3.63, 3.8) is 0 Å². The van der Waals surface area contributed by atoms with Gasteiger partial charge in [0.05, 0.1) is 13.2 Å². The van der Waals surface area contributed by atoms with Gasteiger partial charge in [0, 0.05) is 12.8 Å². The Labute approximate surface area is 241 Å². The molecule has 1 aliphatic heterocycles. The number of imide groups is 1. The number of hydrogen-bond donors (Lipinski definition) is 0. The van der Waals surface area contributed by atoms with E-state index in [4.69, 9.17) is 18.9 Å². The van der Waals surface area contributed by atoms with Crippen molar-refractivity contribution in [3.05, 3.63) is 89.5 Å². The van der Waals surface area contributed by atoms with E-state index >= 15 is 0 Å². The molecule has 0 spiro atoms. The van der Waals surface area contributed by atoms with Crippen LogP contribution in [0.15, 0.2) is 72.8 Å². The van der Waals surface area contributed by atoms with Gasteiger partial charge in [-0.05, 0) is 81.0 Å². The molecule has 0 N–H and O–H groups in total. The zero-order valence-electron chi connectivity index (χ0n) is 24.1. The molecule has 1 heterocycles. The highest BCUT2D eigenvalue weighted by molar-refractivity contribution is 5.93. The molecule has 3 aromatic carbocycles. The molecule has 8 nitrogen and oxygen atoms in total. The summed E-state index contributed by atoms with van der Waals surface area (Å²) in [5.41, 5.74) is 2.40. The molecule has 1 fully saturated rings. The van der Waals surface area contributed by atoms with Gasteiger partial charge in [-0.15, -0.1) is 0 Å². The summed E-state index contributed by atoms with van der Waals surface area (Å²) in [6.07, 6.45) is 1.42. The third-order valence-corrected chi connectivity index (χ3v) is 6.59. The molecule has 216 valence electrons. The molecular weight excluding hydrogens is 522 g/mol. The van der Waals surface area contributed by atoms with Crippen molar-refractivity contribution in [1.82, 2.24) is 4.90 Å². The van der Waals surface area contributed by atoms with Crippen molar-refractivity contribution in [1.29, 1.82) is 0 Å². The number of nitrogens with zero attached hydrogens (tertiary/aromatic N) is 1. The van der Waals surface area contributed by atoms with Crippen LogP contribution >= 0.6 is 0 Å². The summed E-state index contributed by atoms with van der Waals surface area (Å²) in [7, 11) is 1.57. The number of aryl methyl sites for hydroxylation is 2. The van der Waals surface area contributed by atoms with E-state index in [-0.39, 0.29) is 37.4 Å². The molecular formula is C33H37NO7. The van der Waals surface area contributed by atoms with Crippen LogP contribution < -0.4 is 9.47 Å². The van der Waals surface area contributed by atoms with Gasteiger partial charge >= 0.3 is 12.1 Å². The third kappa shape index (κ3) is 8.58. The lowest BCUT2D eigenvalue weighted by Crippen LogP contribution is -2.40. The number of benzene rings is 3. The normalized spacial score (nSPS) is 14.9. The van der Waals surface area contributed by atoms with Crippen LogP contribution in [0, 0.1) is 0 Å². The Hall–Kier alpha value is -4.33. The Kier molecular flexibility index (Phi) is 9.65. The second kappa shape index (κ2) is 13.4. The van der Waals surface area contributed by atoms with Crippen molar-refractivity contribution in [2.45, 2.75) is 64.5 Å². The van der Waals surface area contributed by atoms with Crippen molar-refractivity contribution in [2.75, 3.05) is 13.7 Å². The number of cyclic esters (lactones) is 1. The number of rotatable bonds is 11. The second-order valence-electron chi connectivity index (χ2n) is 11.0. The Balaban J connectivity index is 1.33. The summed E-state index contributed by atoms with van der Waals surface area (Å²) in [5, 5.41) is 0. The summed E-state index contributed by atoms with van der Waals surface area (Å²) in [5.74, 6) is 1.21. The lowest BCUT2D eigenvalue weighted by Gasteiger charge is -2.19. The molecule has 0 unspecified atom stereocenters. The van der Waals surface area contributed by atoms with Gasteiger partial charge in [-0.3, -0.25) is 9.59 Å². The summed E-state index contributed by atoms with van der Waals surface area (Å²) in [6.45, 7) is 5.75. The topological polar surface area (TPSA) is 91.4 Å². The standard InChI is InChI=1S/C33H37NO7/c1-33(2,3)41-31(36)19-14-25-12-17-28(38-4)29(21-25)40-27-15-10-23(11-16-27)13-18-30(35)34-26(22-39-32(34)37)20-24-8-6-5-7-9-24/h5-12,15-17,21,26H,13-14,18-20,22H2,1-4H3/t26-/m0/s1. The molecule has 4 rings (SSSR count). The highest BCUT2D eigenvalue weighted by atomic mass is 16.6. The number of methoxy groups -OCH3 is 1. The quantitative estimate of drug-likeness (QED) is 0.255. The summed E-state index contributed by atoms with van der Waals surface area (Å²) < 4.78 is 22.1. The summed E-state index contributed by atoms with van der Waals surface area (Å²) in [4.78, 5) is 38.6. The first-order valence-electron chi connectivity index (χ1n) is 13.8. The van der Waals surface area contributed by atoms with Crippen molar-refractivity contribution >= 4 is 18.0 Å². The van der Waals surface area contributed by atoms with Crippen LogP contribution in [0.2, 0.25) is 0 Å². The Morgan fingerprint density at radius 3 is 2.24 bits per heavy atom. The predicted molar refractivity (Wildman–Crippen MR) is 154 cm³/mol. The van der Waals surface area contributed by atoms with E-state index in [1.807, 2.05) is 93.6 Å². The van der Waals surface area contributed by atoms with E-state index in [2.05, 4.69) is 0 Å². The molecule has 1 atom stereocenters. The molecule has 1 saturated heterocycles. The molecule has 0 saturated carbocycles. The van der Waals surface area contributed by atoms with E-state index in [0.29, 0.717) is 36.5 Å². The van der Waals surface area contributed by atoms with Crippen LogP contribution in [0.3, 0.4) is 0 Å². The van der Waals surface area contributed by atoms with E-state index < -0.39 is 11.7 Å². The van der Waals surface area contributed by atoms with Crippen LogP contribution in [0.5, 0.6) is 17.2 Å². The molecule has 1 aliphatic rings. The predicted octanol–water partition coefficient (Wildman–Crippen LogP) is 6.28. The molecule has 0 aliphatic carbocycles. The Bertz CT molecular complexity index is 1350. The molecule has 2 amide bonds. The summed E-state index contributed by atoms with van der Waals surface area (Å²) >= 11 is 0.